The molecule has 152 valence electrons. The highest BCUT2D eigenvalue weighted by Gasteiger charge is 2.15. The molecule has 6 heteroatoms. The first-order valence-electron chi connectivity index (χ1n) is 9.79. The Kier molecular flexibility index (Phi) is 6.07. The maximum Gasteiger partial charge on any atom is 0.224 e. The SMILES string of the molecule is Cc1ccc2[nH]c(-c3ccccn3)c(CCCC(=O)Nc3cccc(Cl)c3Cl)c2c1. The molecule has 0 bridgehead atoms. The number of anilines is 1. The van der Waals surface area contributed by atoms with Gasteiger partial charge >= 0.3 is 0 Å². The summed E-state index contributed by atoms with van der Waals surface area (Å²) in [5, 5.41) is 4.80. The number of aromatic nitrogens is 2. The highest BCUT2D eigenvalue weighted by Crippen LogP contribution is 2.32. The van der Waals surface area contributed by atoms with E-state index in [9.17, 15) is 4.79 Å². The molecular formula is C24H21Cl2N3O. The van der Waals surface area contributed by atoms with Crippen molar-refractivity contribution in [3.63, 3.8) is 0 Å². The quantitative estimate of drug-likeness (QED) is 0.348. The fraction of sp³-hybridized carbons (Fsp3) is 0.167. The lowest BCUT2D eigenvalue weighted by Gasteiger charge is -2.09. The molecule has 0 atom stereocenters. The van der Waals surface area contributed by atoms with Crippen molar-refractivity contribution in [2.75, 3.05) is 5.32 Å². The maximum absolute atomic E-state index is 12.4. The van der Waals surface area contributed by atoms with Crippen molar-refractivity contribution < 1.29 is 4.79 Å². The van der Waals surface area contributed by atoms with E-state index in [1.165, 1.54) is 16.5 Å². The number of carbonyl (C=O) groups excluding carboxylic acids is 1. The van der Waals surface area contributed by atoms with Gasteiger partial charge in [-0.25, -0.2) is 0 Å². The fourth-order valence-electron chi connectivity index (χ4n) is 3.59. The van der Waals surface area contributed by atoms with E-state index in [1.807, 2.05) is 18.2 Å². The Morgan fingerprint density at radius 2 is 1.97 bits per heavy atom. The zero-order valence-corrected chi connectivity index (χ0v) is 18.0. The van der Waals surface area contributed by atoms with Crippen LogP contribution in [0.2, 0.25) is 10.0 Å². The lowest BCUT2D eigenvalue weighted by molar-refractivity contribution is -0.116. The van der Waals surface area contributed by atoms with Gasteiger partial charge in [-0.3, -0.25) is 9.78 Å². The van der Waals surface area contributed by atoms with Crippen molar-refractivity contribution in [3.05, 3.63) is 82.0 Å². The van der Waals surface area contributed by atoms with Crippen molar-refractivity contribution in [2.45, 2.75) is 26.2 Å². The molecule has 2 heterocycles. The summed E-state index contributed by atoms with van der Waals surface area (Å²) in [4.78, 5) is 20.5. The first kappa shape index (κ1) is 20.5. The third kappa shape index (κ3) is 4.35. The largest absolute Gasteiger partial charge is 0.353 e. The minimum atomic E-state index is -0.0884. The molecule has 0 fully saturated rings. The normalized spacial score (nSPS) is 11.0. The Hall–Kier alpha value is -2.82. The predicted molar refractivity (Wildman–Crippen MR) is 124 cm³/mol. The van der Waals surface area contributed by atoms with Crippen molar-refractivity contribution in [1.29, 1.82) is 0 Å². The van der Waals surface area contributed by atoms with Crippen molar-refractivity contribution in [2.24, 2.45) is 0 Å². The van der Waals surface area contributed by atoms with E-state index in [0.717, 1.165) is 23.3 Å². The Bertz CT molecular complexity index is 1200. The van der Waals surface area contributed by atoms with Crippen molar-refractivity contribution >= 4 is 45.7 Å². The summed E-state index contributed by atoms with van der Waals surface area (Å²) in [5.74, 6) is -0.0884. The molecule has 2 aromatic heterocycles. The molecule has 30 heavy (non-hydrogen) atoms. The zero-order chi connectivity index (χ0) is 21.1. The third-order valence-electron chi connectivity index (χ3n) is 5.04. The lowest BCUT2D eigenvalue weighted by Crippen LogP contribution is -2.12. The van der Waals surface area contributed by atoms with Crippen LogP contribution in [0.3, 0.4) is 0 Å². The number of hydrogen-bond donors (Lipinski definition) is 2. The molecule has 0 saturated heterocycles. The molecule has 4 nitrogen and oxygen atoms in total. The van der Waals surface area contributed by atoms with E-state index >= 15 is 0 Å². The summed E-state index contributed by atoms with van der Waals surface area (Å²) in [5.41, 5.74) is 5.90. The molecule has 0 aliphatic carbocycles. The topological polar surface area (TPSA) is 57.8 Å². The van der Waals surface area contributed by atoms with Crippen LogP contribution in [0.15, 0.2) is 60.8 Å². The molecule has 4 rings (SSSR count). The molecular weight excluding hydrogens is 417 g/mol. The predicted octanol–water partition coefficient (Wildman–Crippen LogP) is 6.81. The number of aryl methyl sites for hydroxylation is 2. The summed E-state index contributed by atoms with van der Waals surface area (Å²) in [6.45, 7) is 2.08. The number of rotatable bonds is 6. The summed E-state index contributed by atoms with van der Waals surface area (Å²) < 4.78 is 0. The molecule has 0 aliphatic heterocycles. The second-order valence-corrected chi connectivity index (χ2v) is 8.03. The number of fused-ring (bicyclic) bond motifs is 1. The van der Waals surface area contributed by atoms with E-state index in [2.05, 4.69) is 40.4 Å². The number of benzene rings is 2. The van der Waals surface area contributed by atoms with Crippen LogP contribution in [0.5, 0.6) is 0 Å². The lowest BCUT2D eigenvalue weighted by atomic mass is 10.0. The van der Waals surface area contributed by atoms with Gasteiger partial charge in [-0.2, -0.15) is 0 Å². The molecule has 4 aromatic rings. The van der Waals surface area contributed by atoms with Crippen molar-refractivity contribution in [1.82, 2.24) is 9.97 Å². The van der Waals surface area contributed by atoms with Gasteiger partial charge in [-0.1, -0.05) is 47.0 Å². The van der Waals surface area contributed by atoms with E-state index < -0.39 is 0 Å². The summed E-state index contributed by atoms with van der Waals surface area (Å²) >= 11 is 12.2. The summed E-state index contributed by atoms with van der Waals surface area (Å²) in [6.07, 6.45) is 3.62. The number of nitrogens with one attached hydrogen (secondary N) is 2. The number of amides is 1. The Morgan fingerprint density at radius 3 is 2.77 bits per heavy atom. The van der Waals surface area contributed by atoms with Gasteiger partial charge in [0.2, 0.25) is 5.91 Å². The van der Waals surface area contributed by atoms with E-state index in [1.54, 1.807) is 24.4 Å². The standard InChI is InChI=1S/C24H21Cl2N3O/c1-15-11-12-19-17(14-15)16(24(29-19)21-8-2-3-13-27-21)6-4-10-22(30)28-20-9-5-7-18(25)23(20)26/h2-3,5,7-9,11-14,29H,4,6,10H2,1H3,(H,28,30). The number of pyridine rings is 1. The van der Waals surface area contributed by atoms with Gasteiger partial charge in [0.05, 0.1) is 27.1 Å². The number of nitrogens with zero attached hydrogens (tertiary/aromatic N) is 1. The van der Waals surface area contributed by atoms with Crippen LogP contribution in [-0.2, 0) is 11.2 Å². The fourth-order valence-corrected chi connectivity index (χ4v) is 3.94. The zero-order valence-electron chi connectivity index (χ0n) is 16.5. The average molecular weight is 438 g/mol. The maximum atomic E-state index is 12.4. The van der Waals surface area contributed by atoms with E-state index in [4.69, 9.17) is 23.2 Å². The van der Waals surface area contributed by atoms with Crippen LogP contribution >= 0.6 is 23.2 Å². The highest BCUT2D eigenvalue weighted by molar-refractivity contribution is 6.43. The van der Waals surface area contributed by atoms with Crippen LogP contribution < -0.4 is 5.32 Å². The smallest absolute Gasteiger partial charge is 0.224 e. The number of carbonyl (C=O) groups is 1. The number of aromatic amines is 1. The minimum Gasteiger partial charge on any atom is -0.353 e. The molecule has 2 N–H and O–H groups in total. The Morgan fingerprint density at radius 1 is 1.10 bits per heavy atom. The van der Waals surface area contributed by atoms with E-state index in [-0.39, 0.29) is 5.91 Å². The summed E-state index contributed by atoms with van der Waals surface area (Å²) in [7, 11) is 0. The second kappa shape index (κ2) is 8.90. The molecule has 0 spiro atoms. The van der Waals surface area contributed by atoms with Crippen LogP contribution in [0.4, 0.5) is 5.69 Å². The van der Waals surface area contributed by atoms with Crippen LogP contribution in [-0.4, -0.2) is 15.9 Å². The number of hydrogen-bond acceptors (Lipinski definition) is 2. The average Bonchev–Trinajstić information content (AvgIpc) is 3.10. The molecule has 2 aromatic carbocycles. The molecule has 1 amide bonds. The molecule has 0 aliphatic rings. The summed E-state index contributed by atoms with van der Waals surface area (Å²) in [6, 6.07) is 17.4. The van der Waals surface area contributed by atoms with Crippen molar-refractivity contribution in [3.8, 4) is 11.4 Å². The van der Waals surface area contributed by atoms with Gasteiger partial charge in [0, 0.05) is 23.5 Å². The van der Waals surface area contributed by atoms with Gasteiger partial charge < -0.3 is 10.3 Å². The monoisotopic (exact) mass is 437 g/mol. The van der Waals surface area contributed by atoms with E-state index in [0.29, 0.717) is 28.6 Å². The van der Waals surface area contributed by atoms with Crippen LogP contribution in [0.1, 0.15) is 24.0 Å². The number of H-pyrrole nitrogens is 1. The second-order valence-electron chi connectivity index (χ2n) is 7.25. The van der Waals surface area contributed by atoms with Gasteiger partial charge in [-0.15, -0.1) is 0 Å². The molecule has 0 radical (unpaired) electrons. The van der Waals surface area contributed by atoms with Gasteiger partial charge in [0.1, 0.15) is 0 Å². The Labute approximate surface area is 185 Å². The van der Waals surface area contributed by atoms with Gasteiger partial charge in [0.15, 0.2) is 0 Å². The first-order chi connectivity index (χ1) is 14.5. The minimum absolute atomic E-state index is 0.0884. The van der Waals surface area contributed by atoms with Crippen LogP contribution in [0, 0.1) is 6.92 Å². The van der Waals surface area contributed by atoms with Crippen LogP contribution in [0.25, 0.3) is 22.3 Å². The first-order valence-corrected chi connectivity index (χ1v) is 10.5. The number of halogens is 2. The molecule has 0 saturated carbocycles. The highest BCUT2D eigenvalue weighted by atomic mass is 35.5. The van der Waals surface area contributed by atoms with Gasteiger partial charge in [-0.05, 0) is 61.7 Å². The third-order valence-corrected chi connectivity index (χ3v) is 5.86. The molecule has 0 unspecified atom stereocenters. The van der Waals surface area contributed by atoms with Gasteiger partial charge in [0.25, 0.3) is 0 Å². The Balaban J connectivity index is 1.53.